The predicted octanol–water partition coefficient (Wildman–Crippen LogP) is 1.69. The molecule has 2 heterocycles. The van der Waals surface area contributed by atoms with Gasteiger partial charge in [-0.05, 0) is 6.07 Å². The number of rotatable bonds is 2. The van der Waals surface area contributed by atoms with Crippen LogP contribution >= 0.6 is 0 Å². The third-order valence-corrected chi connectivity index (χ3v) is 1.70. The molecule has 0 aliphatic heterocycles. The summed E-state index contributed by atoms with van der Waals surface area (Å²) in [6, 6.07) is 3.62. The van der Waals surface area contributed by atoms with Crippen molar-refractivity contribution in [1.29, 1.82) is 0 Å². The first-order chi connectivity index (χ1) is 6.40. The van der Waals surface area contributed by atoms with Crippen molar-refractivity contribution in [2.75, 3.05) is 0 Å². The summed E-state index contributed by atoms with van der Waals surface area (Å²) >= 11 is 0. The van der Waals surface area contributed by atoms with Gasteiger partial charge in [0.1, 0.15) is 5.76 Å². The van der Waals surface area contributed by atoms with E-state index in [1.165, 1.54) is 0 Å². The molecule has 0 aliphatic carbocycles. The summed E-state index contributed by atoms with van der Waals surface area (Å²) in [5, 5.41) is 3.86. The highest BCUT2D eigenvalue weighted by atomic mass is 16.5. The van der Waals surface area contributed by atoms with Crippen molar-refractivity contribution in [3.8, 4) is 11.5 Å². The lowest BCUT2D eigenvalue weighted by Gasteiger charge is -1.88. The lowest BCUT2D eigenvalue weighted by molar-refractivity contribution is 0.388. The third kappa shape index (κ3) is 1.56. The van der Waals surface area contributed by atoms with Crippen LogP contribution in [0.4, 0.5) is 0 Å². The molecular weight excluding hydrogens is 166 g/mol. The van der Waals surface area contributed by atoms with Crippen LogP contribution in [0, 0.1) is 0 Å². The second-order valence-electron chi connectivity index (χ2n) is 2.60. The molecular formula is C9H9N3O. The molecule has 0 fully saturated rings. The number of hydrogen-bond acceptors (Lipinski definition) is 4. The van der Waals surface area contributed by atoms with Gasteiger partial charge in [-0.2, -0.15) is 0 Å². The smallest absolute Gasteiger partial charge is 0.181 e. The molecule has 0 atom stereocenters. The standard InChI is InChI=1S/C9H9N3O/c1-2-7-6-8(12-13-7)9-10-4-3-5-11-9/h3-6H,2H2,1H3. The summed E-state index contributed by atoms with van der Waals surface area (Å²) in [5.41, 5.74) is 0.692. The highest BCUT2D eigenvalue weighted by molar-refractivity contribution is 5.47. The van der Waals surface area contributed by atoms with Gasteiger partial charge in [0.2, 0.25) is 0 Å². The fraction of sp³-hybridized carbons (Fsp3) is 0.222. The van der Waals surface area contributed by atoms with Crippen LogP contribution in [-0.4, -0.2) is 15.1 Å². The first-order valence-corrected chi connectivity index (χ1v) is 4.13. The predicted molar refractivity (Wildman–Crippen MR) is 46.9 cm³/mol. The molecule has 0 radical (unpaired) electrons. The van der Waals surface area contributed by atoms with Crippen molar-refractivity contribution >= 4 is 0 Å². The Kier molecular flexibility index (Phi) is 2.04. The second-order valence-corrected chi connectivity index (χ2v) is 2.60. The second kappa shape index (κ2) is 3.35. The van der Waals surface area contributed by atoms with Gasteiger partial charge >= 0.3 is 0 Å². The van der Waals surface area contributed by atoms with Gasteiger partial charge in [0, 0.05) is 24.9 Å². The lowest BCUT2D eigenvalue weighted by atomic mass is 10.3. The molecule has 2 aromatic rings. The van der Waals surface area contributed by atoms with Gasteiger partial charge in [-0.15, -0.1) is 0 Å². The zero-order valence-corrected chi connectivity index (χ0v) is 7.27. The van der Waals surface area contributed by atoms with Gasteiger partial charge in [0.15, 0.2) is 11.5 Å². The molecule has 66 valence electrons. The molecule has 2 aromatic heterocycles. The van der Waals surface area contributed by atoms with E-state index in [1.807, 2.05) is 13.0 Å². The van der Waals surface area contributed by atoms with Gasteiger partial charge in [-0.1, -0.05) is 12.1 Å². The average Bonchev–Trinajstić information content (AvgIpc) is 2.67. The van der Waals surface area contributed by atoms with E-state index in [1.54, 1.807) is 18.5 Å². The molecule has 0 aromatic carbocycles. The number of aromatic nitrogens is 3. The van der Waals surface area contributed by atoms with Gasteiger partial charge in [-0.3, -0.25) is 0 Å². The van der Waals surface area contributed by atoms with Gasteiger partial charge in [0.25, 0.3) is 0 Å². The van der Waals surface area contributed by atoms with E-state index in [4.69, 9.17) is 4.52 Å². The third-order valence-electron chi connectivity index (χ3n) is 1.70. The van der Waals surface area contributed by atoms with Crippen molar-refractivity contribution in [2.45, 2.75) is 13.3 Å². The largest absolute Gasteiger partial charge is 0.361 e. The zero-order chi connectivity index (χ0) is 9.10. The van der Waals surface area contributed by atoms with Crippen LogP contribution in [0.5, 0.6) is 0 Å². The minimum atomic E-state index is 0.603. The average molecular weight is 175 g/mol. The van der Waals surface area contributed by atoms with Gasteiger partial charge in [-0.25, -0.2) is 9.97 Å². The van der Waals surface area contributed by atoms with E-state index >= 15 is 0 Å². The summed E-state index contributed by atoms with van der Waals surface area (Å²) in [4.78, 5) is 8.13. The highest BCUT2D eigenvalue weighted by Gasteiger charge is 2.06. The molecule has 0 amide bonds. The van der Waals surface area contributed by atoms with Crippen LogP contribution < -0.4 is 0 Å². The summed E-state index contributed by atoms with van der Waals surface area (Å²) in [7, 11) is 0. The normalized spacial score (nSPS) is 10.2. The van der Waals surface area contributed by atoms with E-state index in [9.17, 15) is 0 Å². The number of nitrogens with zero attached hydrogens (tertiary/aromatic N) is 3. The maximum atomic E-state index is 5.04. The van der Waals surface area contributed by atoms with E-state index in [0.717, 1.165) is 12.2 Å². The Morgan fingerprint density at radius 1 is 1.31 bits per heavy atom. The maximum Gasteiger partial charge on any atom is 0.181 e. The molecule has 4 nitrogen and oxygen atoms in total. The van der Waals surface area contributed by atoms with Crippen LogP contribution in [0.3, 0.4) is 0 Å². The van der Waals surface area contributed by atoms with Gasteiger partial charge in [0.05, 0.1) is 0 Å². The molecule has 0 bridgehead atoms. The number of aryl methyl sites for hydroxylation is 1. The Bertz CT molecular complexity index is 383. The fourth-order valence-corrected chi connectivity index (χ4v) is 1.02. The summed E-state index contributed by atoms with van der Waals surface area (Å²) < 4.78 is 5.04. The Morgan fingerprint density at radius 3 is 2.69 bits per heavy atom. The monoisotopic (exact) mass is 175 g/mol. The Morgan fingerprint density at radius 2 is 2.08 bits per heavy atom. The minimum Gasteiger partial charge on any atom is -0.361 e. The minimum absolute atomic E-state index is 0.603. The maximum absolute atomic E-state index is 5.04. The molecule has 0 spiro atoms. The summed E-state index contributed by atoms with van der Waals surface area (Å²) in [6.07, 6.45) is 4.20. The van der Waals surface area contributed by atoms with Crippen molar-refractivity contribution < 1.29 is 4.52 Å². The van der Waals surface area contributed by atoms with Gasteiger partial charge < -0.3 is 4.52 Å². The summed E-state index contributed by atoms with van der Waals surface area (Å²) in [5.74, 6) is 1.45. The van der Waals surface area contributed by atoms with Crippen LogP contribution in [0.25, 0.3) is 11.5 Å². The van der Waals surface area contributed by atoms with Crippen LogP contribution in [0.15, 0.2) is 29.0 Å². The fourth-order valence-electron chi connectivity index (χ4n) is 1.02. The summed E-state index contributed by atoms with van der Waals surface area (Å²) in [6.45, 7) is 2.01. The van der Waals surface area contributed by atoms with Crippen molar-refractivity contribution in [3.05, 3.63) is 30.3 Å². The Hall–Kier alpha value is -1.71. The SMILES string of the molecule is CCc1cc(-c2ncccn2)no1. The van der Waals surface area contributed by atoms with Crippen molar-refractivity contribution in [1.82, 2.24) is 15.1 Å². The number of hydrogen-bond donors (Lipinski definition) is 0. The lowest BCUT2D eigenvalue weighted by Crippen LogP contribution is -1.85. The van der Waals surface area contributed by atoms with E-state index in [2.05, 4.69) is 15.1 Å². The quantitative estimate of drug-likeness (QED) is 0.697. The molecule has 4 heteroatoms. The van der Waals surface area contributed by atoms with E-state index < -0.39 is 0 Å². The molecule has 0 unspecified atom stereocenters. The first-order valence-electron chi connectivity index (χ1n) is 4.13. The molecule has 0 saturated heterocycles. The van der Waals surface area contributed by atoms with E-state index in [0.29, 0.717) is 11.5 Å². The molecule has 0 aliphatic rings. The van der Waals surface area contributed by atoms with Crippen LogP contribution in [-0.2, 0) is 6.42 Å². The molecule has 0 saturated carbocycles. The zero-order valence-electron chi connectivity index (χ0n) is 7.27. The Balaban J connectivity index is 2.36. The van der Waals surface area contributed by atoms with Crippen molar-refractivity contribution in [2.24, 2.45) is 0 Å². The van der Waals surface area contributed by atoms with Crippen LogP contribution in [0.2, 0.25) is 0 Å². The van der Waals surface area contributed by atoms with Crippen LogP contribution in [0.1, 0.15) is 12.7 Å². The Labute approximate surface area is 75.6 Å². The topological polar surface area (TPSA) is 51.8 Å². The highest BCUT2D eigenvalue weighted by Crippen LogP contribution is 2.13. The first kappa shape index (κ1) is 7.91. The molecule has 2 rings (SSSR count). The van der Waals surface area contributed by atoms with Crippen molar-refractivity contribution in [3.63, 3.8) is 0 Å². The van der Waals surface area contributed by atoms with E-state index in [-0.39, 0.29) is 0 Å². The molecule has 0 N–H and O–H groups in total. The molecule has 13 heavy (non-hydrogen) atoms.